The van der Waals surface area contributed by atoms with Gasteiger partial charge in [-0.05, 0) is 31.2 Å². The molecule has 0 unspecified atom stereocenters. The number of carbonyl (C=O) groups excluding carboxylic acids is 1. The molecule has 4 rings (SSSR count). The molecule has 24 heavy (non-hydrogen) atoms. The van der Waals surface area contributed by atoms with Crippen molar-refractivity contribution >= 4 is 16.8 Å². The number of piperidine rings is 1. The number of fused-ring (bicyclic) bond motifs is 1. The van der Waals surface area contributed by atoms with Crippen molar-refractivity contribution in [2.75, 3.05) is 13.1 Å². The lowest BCUT2D eigenvalue weighted by Gasteiger charge is -2.31. The van der Waals surface area contributed by atoms with E-state index in [1.165, 1.54) is 0 Å². The third-order valence-corrected chi connectivity index (χ3v) is 4.50. The van der Waals surface area contributed by atoms with Crippen LogP contribution in [0.1, 0.15) is 29.0 Å². The number of likely N-dealkylation sites (tertiary alicyclic amines) is 1. The second kappa shape index (κ2) is 6.03. The SMILES string of the molecule is Cc1cc(C(=O)N2CCC(Oc3cccc4[nH]ccc34)CC2)n[nH]1. The first-order valence-electron chi connectivity index (χ1n) is 8.25. The number of nitrogens with zero attached hydrogens (tertiary/aromatic N) is 2. The maximum absolute atomic E-state index is 12.4. The van der Waals surface area contributed by atoms with Crippen molar-refractivity contribution in [3.63, 3.8) is 0 Å². The van der Waals surface area contributed by atoms with Crippen LogP contribution in [0.2, 0.25) is 0 Å². The number of aromatic amines is 2. The molecule has 3 aromatic rings. The van der Waals surface area contributed by atoms with Gasteiger partial charge in [0.05, 0.1) is 0 Å². The van der Waals surface area contributed by atoms with E-state index >= 15 is 0 Å². The molecule has 0 spiro atoms. The minimum Gasteiger partial charge on any atom is -0.490 e. The molecular formula is C18H20N4O2. The first-order chi connectivity index (χ1) is 11.7. The summed E-state index contributed by atoms with van der Waals surface area (Å²) in [5.41, 5.74) is 2.47. The fourth-order valence-corrected chi connectivity index (χ4v) is 3.21. The Morgan fingerprint density at radius 2 is 2.12 bits per heavy atom. The molecule has 124 valence electrons. The highest BCUT2D eigenvalue weighted by Crippen LogP contribution is 2.27. The maximum Gasteiger partial charge on any atom is 0.274 e. The number of rotatable bonds is 3. The number of amides is 1. The first-order valence-corrected chi connectivity index (χ1v) is 8.25. The zero-order valence-corrected chi connectivity index (χ0v) is 13.6. The molecule has 2 aromatic heterocycles. The molecule has 0 saturated carbocycles. The number of hydrogen-bond donors (Lipinski definition) is 2. The summed E-state index contributed by atoms with van der Waals surface area (Å²) in [4.78, 5) is 17.5. The molecule has 6 heteroatoms. The Morgan fingerprint density at radius 3 is 2.88 bits per heavy atom. The summed E-state index contributed by atoms with van der Waals surface area (Å²) < 4.78 is 6.19. The van der Waals surface area contributed by atoms with E-state index in [1.54, 1.807) is 6.07 Å². The Bertz CT molecular complexity index is 859. The molecule has 1 amide bonds. The average molecular weight is 324 g/mol. The summed E-state index contributed by atoms with van der Waals surface area (Å²) in [7, 11) is 0. The standard InChI is InChI=1S/C18H20N4O2/c1-12-11-16(21-20-12)18(23)22-9-6-13(7-10-22)24-17-4-2-3-15-14(17)5-8-19-15/h2-5,8,11,13,19H,6-7,9-10H2,1H3,(H,20,21). The van der Waals surface area contributed by atoms with Gasteiger partial charge in [-0.2, -0.15) is 5.10 Å². The van der Waals surface area contributed by atoms with E-state index in [1.807, 2.05) is 42.3 Å². The van der Waals surface area contributed by atoms with Crippen LogP contribution in [0.4, 0.5) is 0 Å². The van der Waals surface area contributed by atoms with Crippen molar-refractivity contribution in [3.8, 4) is 5.75 Å². The molecule has 1 fully saturated rings. The molecule has 6 nitrogen and oxygen atoms in total. The Morgan fingerprint density at radius 1 is 1.29 bits per heavy atom. The summed E-state index contributed by atoms with van der Waals surface area (Å²) in [6, 6.07) is 9.85. The average Bonchev–Trinajstić information content (AvgIpc) is 3.24. The predicted octanol–water partition coefficient (Wildman–Crippen LogP) is 2.88. The highest BCUT2D eigenvalue weighted by Gasteiger charge is 2.26. The molecule has 2 N–H and O–H groups in total. The van der Waals surface area contributed by atoms with Crippen LogP contribution in [0.5, 0.6) is 5.75 Å². The van der Waals surface area contributed by atoms with Crippen molar-refractivity contribution < 1.29 is 9.53 Å². The molecule has 3 heterocycles. The number of aromatic nitrogens is 3. The van der Waals surface area contributed by atoms with Gasteiger partial charge in [0.15, 0.2) is 0 Å². The largest absolute Gasteiger partial charge is 0.490 e. The Hall–Kier alpha value is -2.76. The number of H-pyrrole nitrogens is 2. The number of nitrogens with one attached hydrogen (secondary N) is 2. The lowest BCUT2D eigenvalue weighted by molar-refractivity contribution is 0.0592. The van der Waals surface area contributed by atoms with E-state index in [-0.39, 0.29) is 12.0 Å². The van der Waals surface area contributed by atoms with Crippen molar-refractivity contribution in [2.45, 2.75) is 25.9 Å². The maximum atomic E-state index is 12.4. The van der Waals surface area contributed by atoms with Gasteiger partial charge in [-0.1, -0.05) is 6.07 Å². The zero-order valence-electron chi connectivity index (χ0n) is 13.6. The van der Waals surface area contributed by atoms with E-state index in [4.69, 9.17) is 4.74 Å². The Labute approximate surface area is 139 Å². The molecule has 0 aliphatic carbocycles. The molecule has 0 radical (unpaired) electrons. The van der Waals surface area contributed by atoms with Crippen molar-refractivity contribution in [1.82, 2.24) is 20.1 Å². The van der Waals surface area contributed by atoms with Crippen LogP contribution in [0.15, 0.2) is 36.5 Å². The topological polar surface area (TPSA) is 74.0 Å². The van der Waals surface area contributed by atoms with Gasteiger partial charge in [0.25, 0.3) is 5.91 Å². The van der Waals surface area contributed by atoms with Gasteiger partial charge in [0.2, 0.25) is 0 Å². The van der Waals surface area contributed by atoms with E-state index in [0.29, 0.717) is 18.8 Å². The molecule has 1 aliphatic heterocycles. The lowest BCUT2D eigenvalue weighted by Crippen LogP contribution is -2.41. The molecule has 0 bridgehead atoms. The highest BCUT2D eigenvalue weighted by atomic mass is 16.5. The minimum absolute atomic E-state index is 0.00876. The molecule has 0 atom stereocenters. The summed E-state index contributed by atoms with van der Waals surface area (Å²) in [6.07, 6.45) is 3.71. The normalized spacial score (nSPS) is 15.8. The second-order valence-electron chi connectivity index (χ2n) is 6.24. The number of benzene rings is 1. The van der Waals surface area contributed by atoms with Gasteiger partial charge in [-0.25, -0.2) is 0 Å². The monoisotopic (exact) mass is 324 g/mol. The van der Waals surface area contributed by atoms with Gasteiger partial charge in [0, 0.05) is 48.7 Å². The third-order valence-electron chi connectivity index (χ3n) is 4.50. The van der Waals surface area contributed by atoms with E-state index in [2.05, 4.69) is 15.2 Å². The van der Waals surface area contributed by atoms with Crippen molar-refractivity contribution in [3.05, 3.63) is 47.9 Å². The van der Waals surface area contributed by atoms with Crippen LogP contribution in [-0.4, -0.2) is 45.2 Å². The minimum atomic E-state index is -0.00876. The Kier molecular flexibility index (Phi) is 3.72. The van der Waals surface area contributed by atoms with Crippen LogP contribution in [-0.2, 0) is 0 Å². The summed E-state index contributed by atoms with van der Waals surface area (Å²) in [5, 5.41) is 7.97. The van der Waals surface area contributed by atoms with Crippen molar-refractivity contribution in [1.29, 1.82) is 0 Å². The van der Waals surface area contributed by atoms with Crippen LogP contribution >= 0.6 is 0 Å². The second-order valence-corrected chi connectivity index (χ2v) is 6.24. The van der Waals surface area contributed by atoms with Gasteiger partial charge in [0.1, 0.15) is 17.5 Å². The summed E-state index contributed by atoms with van der Waals surface area (Å²) in [5.74, 6) is 0.895. The smallest absolute Gasteiger partial charge is 0.274 e. The third kappa shape index (κ3) is 2.75. The number of aryl methyl sites for hydroxylation is 1. The van der Waals surface area contributed by atoms with Gasteiger partial charge < -0.3 is 14.6 Å². The van der Waals surface area contributed by atoms with Crippen LogP contribution in [0.3, 0.4) is 0 Å². The number of carbonyl (C=O) groups is 1. The van der Waals surface area contributed by atoms with E-state index < -0.39 is 0 Å². The Balaban J connectivity index is 1.39. The van der Waals surface area contributed by atoms with Crippen LogP contribution < -0.4 is 4.74 Å². The predicted molar refractivity (Wildman–Crippen MR) is 91.2 cm³/mol. The molecule has 1 aliphatic rings. The molecular weight excluding hydrogens is 304 g/mol. The van der Waals surface area contributed by atoms with Crippen molar-refractivity contribution in [2.24, 2.45) is 0 Å². The summed E-state index contributed by atoms with van der Waals surface area (Å²) in [6.45, 7) is 3.28. The van der Waals surface area contributed by atoms with Crippen LogP contribution in [0.25, 0.3) is 10.9 Å². The van der Waals surface area contributed by atoms with E-state index in [9.17, 15) is 4.79 Å². The molecule has 1 saturated heterocycles. The fourth-order valence-electron chi connectivity index (χ4n) is 3.21. The molecule has 1 aromatic carbocycles. The quantitative estimate of drug-likeness (QED) is 0.778. The van der Waals surface area contributed by atoms with Gasteiger partial charge in [-0.15, -0.1) is 0 Å². The summed E-state index contributed by atoms with van der Waals surface area (Å²) >= 11 is 0. The van der Waals surface area contributed by atoms with Gasteiger partial charge in [-0.3, -0.25) is 9.89 Å². The fraction of sp³-hybridized carbons (Fsp3) is 0.333. The lowest BCUT2D eigenvalue weighted by atomic mass is 10.1. The van der Waals surface area contributed by atoms with Gasteiger partial charge >= 0.3 is 0 Å². The zero-order chi connectivity index (χ0) is 16.5. The first kappa shape index (κ1) is 14.8. The van der Waals surface area contributed by atoms with Crippen LogP contribution in [0, 0.1) is 6.92 Å². The highest BCUT2D eigenvalue weighted by molar-refractivity contribution is 5.92. The number of hydrogen-bond acceptors (Lipinski definition) is 3. The number of ether oxygens (including phenoxy) is 1. The van der Waals surface area contributed by atoms with E-state index in [0.717, 1.165) is 35.2 Å².